The second kappa shape index (κ2) is 4.81. The molecule has 3 nitrogen and oxygen atoms in total. The highest BCUT2D eigenvalue weighted by Gasteiger charge is 2.39. The quantitative estimate of drug-likeness (QED) is 0.913. The van der Waals surface area contributed by atoms with E-state index in [2.05, 4.69) is 36.7 Å². The molecule has 1 unspecified atom stereocenters. The Morgan fingerprint density at radius 1 is 1.50 bits per heavy atom. The van der Waals surface area contributed by atoms with Crippen LogP contribution in [0.1, 0.15) is 26.3 Å². The Kier molecular flexibility index (Phi) is 3.53. The van der Waals surface area contributed by atoms with Crippen LogP contribution in [0.15, 0.2) is 29.3 Å². The van der Waals surface area contributed by atoms with Crippen molar-refractivity contribution in [3.63, 3.8) is 0 Å². The molecular weight excluding hydrogens is 246 g/mol. The average Bonchev–Trinajstić information content (AvgIpc) is 2.58. The number of nitrogens with two attached hydrogens (primary N) is 1. The summed E-state index contributed by atoms with van der Waals surface area (Å²) in [5, 5.41) is 0.753. The Bertz CT molecular complexity index is 470. The summed E-state index contributed by atoms with van der Waals surface area (Å²) in [5.41, 5.74) is 7.01. The number of hydrogen-bond donors (Lipinski definition) is 1. The maximum atomic E-state index is 6.09. The zero-order valence-electron chi connectivity index (χ0n) is 11.2. The number of nitrogens with zero attached hydrogens (tertiary/aromatic N) is 2. The molecule has 1 aliphatic rings. The van der Waals surface area contributed by atoms with Crippen LogP contribution in [0.25, 0.3) is 0 Å². The number of halogens is 1. The minimum atomic E-state index is -0.181. The molecule has 0 spiro atoms. The monoisotopic (exact) mass is 265 g/mol. The molecule has 0 aliphatic carbocycles. The van der Waals surface area contributed by atoms with Crippen molar-refractivity contribution in [2.24, 2.45) is 16.6 Å². The van der Waals surface area contributed by atoms with E-state index < -0.39 is 0 Å². The first-order valence-corrected chi connectivity index (χ1v) is 6.65. The second-order valence-electron chi connectivity index (χ2n) is 5.46. The van der Waals surface area contributed by atoms with Gasteiger partial charge in [-0.2, -0.15) is 0 Å². The molecule has 0 fully saturated rings. The van der Waals surface area contributed by atoms with Gasteiger partial charge in [0.2, 0.25) is 0 Å². The number of benzene rings is 1. The molecule has 1 aromatic carbocycles. The van der Waals surface area contributed by atoms with Gasteiger partial charge in [-0.05, 0) is 30.5 Å². The van der Waals surface area contributed by atoms with Gasteiger partial charge in [-0.3, -0.25) is 4.99 Å². The molecule has 0 radical (unpaired) electrons. The molecule has 1 aromatic rings. The highest BCUT2D eigenvalue weighted by atomic mass is 35.5. The lowest BCUT2D eigenvalue weighted by Crippen LogP contribution is -2.49. The van der Waals surface area contributed by atoms with Gasteiger partial charge >= 0.3 is 0 Å². The summed E-state index contributed by atoms with van der Waals surface area (Å²) >= 11 is 6.09. The van der Waals surface area contributed by atoms with Crippen molar-refractivity contribution < 1.29 is 0 Å². The highest BCUT2D eigenvalue weighted by molar-refractivity contribution is 6.30. The number of rotatable bonds is 3. The zero-order valence-corrected chi connectivity index (χ0v) is 11.9. The second-order valence-corrected chi connectivity index (χ2v) is 5.90. The molecule has 98 valence electrons. The normalized spacial score (nSPS) is 23.6. The Hall–Kier alpha value is -1.22. The first-order valence-electron chi connectivity index (χ1n) is 6.27. The first-order chi connectivity index (χ1) is 8.43. The summed E-state index contributed by atoms with van der Waals surface area (Å²) in [7, 11) is 0. The van der Waals surface area contributed by atoms with Crippen LogP contribution in [0.5, 0.6) is 0 Å². The highest BCUT2D eigenvalue weighted by Crippen LogP contribution is 2.34. The van der Waals surface area contributed by atoms with Gasteiger partial charge in [0.05, 0.1) is 12.1 Å². The van der Waals surface area contributed by atoms with Crippen molar-refractivity contribution in [3.05, 3.63) is 34.9 Å². The Balaban J connectivity index is 2.35. The van der Waals surface area contributed by atoms with Crippen LogP contribution < -0.4 is 5.73 Å². The van der Waals surface area contributed by atoms with Crippen LogP contribution in [-0.2, 0) is 5.54 Å². The predicted octanol–water partition coefficient (Wildman–Crippen LogP) is 2.84. The number of guanidine groups is 1. The fourth-order valence-corrected chi connectivity index (χ4v) is 2.58. The van der Waals surface area contributed by atoms with Crippen LogP contribution in [0.4, 0.5) is 0 Å². The Morgan fingerprint density at radius 3 is 2.83 bits per heavy atom. The molecule has 0 aromatic heterocycles. The molecule has 0 amide bonds. The summed E-state index contributed by atoms with van der Waals surface area (Å²) in [6, 6.07) is 7.96. The van der Waals surface area contributed by atoms with Crippen molar-refractivity contribution in [1.29, 1.82) is 0 Å². The molecule has 2 rings (SSSR count). The zero-order chi connectivity index (χ0) is 13.3. The van der Waals surface area contributed by atoms with E-state index in [-0.39, 0.29) is 5.54 Å². The van der Waals surface area contributed by atoms with Crippen molar-refractivity contribution in [2.45, 2.75) is 26.3 Å². The minimum Gasteiger partial charge on any atom is -0.370 e. The maximum absolute atomic E-state index is 6.09. The SMILES string of the molecule is CC(C)CN1C(N)=NCC1(C)c1cccc(Cl)c1. The van der Waals surface area contributed by atoms with Crippen LogP contribution in [0.2, 0.25) is 5.02 Å². The van der Waals surface area contributed by atoms with E-state index in [1.165, 1.54) is 5.56 Å². The average molecular weight is 266 g/mol. The standard InChI is InChI=1S/C14H20ClN3/c1-10(2)8-18-13(16)17-9-14(18,3)11-5-4-6-12(15)7-11/h4-7,10H,8-9H2,1-3H3,(H2,16,17). The Morgan fingerprint density at radius 2 is 2.22 bits per heavy atom. The van der Waals surface area contributed by atoms with Crippen LogP contribution in [0.3, 0.4) is 0 Å². The lowest BCUT2D eigenvalue weighted by Gasteiger charge is -2.37. The third kappa shape index (κ3) is 2.32. The largest absolute Gasteiger partial charge is 0.370 e. The molecule has 1 aliphatic heterocycles. The van der Waals surface area contributed by atoms with Crippen molar-refractivity contribution in [1.82, 2.24) is 4.90 Å². The summed E-state index contributed by atoms with van der Waals surface area (Å²) in [6.07, 6.45) is 0. The van der Waals surface area contributed by atoms with Gasteiger partial charge < -0.3 is 10.6 Å². The van der Waals surface area contributed by atoms with E-state index in [4.69, 9.17) is 17.3 Å². The van der Waals surface area contributed by atoms with Gasteiger partial charge in [0.15, 0.2) is 5.96 Å². The van der Waals surface area contributed by atoms with Crippen LogP contribution >= 0.6 is 11.6 Å². The molecule has 4 heteroatoms. The molecule has 0 saturated carbocycles. The molecule has 1 heterocycles. The topological polar surface area (TPSA) is 41.6 Å². The molecule has 2 N–H and O–H groups in total. The Labute approximate surface area is 114 Å². The van der Waals surface area contributed by atoms with E-state index in [1.807, 2.05) is 18.2 Å². The third-order valence-electron chi connectivity index (χ3n) is 3.42. The third-order valence-corrected chi connectivity index (χ3v) is 3.65. The number of hydrogen-bond acceptors (Lipinski definition) is 3. The van der Waals surface area contributed by atoms with E-state index in [1.54, 1.807) is 0 Å². The molecule has 0 bridgehead atoms. The van der Waals surface area contributed by atoms with E-state index in [9.17, 15) is 0 Å². The summed E-state index contributed by atoms with van der Waals surface area (Å²) < 4.78 is 0. The molecule has 1 atom stereocenters. The lowest BCUT2D eigenvalue weighted by atomic mass is 9.90. The lowest BCUT2D eigenvalue weighted by molar-refractivity contribution is 0.204. The van der Waals surface area contributed by atoms with Crippen LogP contribution in [-0.4, -0.2) is 23.9 Å². The fraction of sp³-hybridized carbons (Fsp3) is 0.500. The summed E-state index contributed by atoms with van der Waals surface area (Å²) in [5.74, 6) is 1.17. The summed E-state index contributed by atoms with van der Waals surface area (Å²) in [6.45, 7) is 8.13. The maximum Gasteiger partial charge on any atom is 0.192 e. The predicted molar refractivity (Wildman–Crippen MR) is 76.8 cm³/mol. The fourth-order valence-electron chi connectivity index (χ4n) is 2.39. The van der Waals surface area contributed by atoms with Gasteiger partial charge in [0, 0.05) is 11.6 Å². The summed E-state index contributed by atoms with van der Waals surface area (Å²) in [4.78, 5) is 6.59. The molecule has 0 saturated heterocycles. The first kappa shape index (κ1) is 13.2. The molecule has 18 heavy (non-hydrogen) atoms. The molecular formula is C14H20ClN3. The van der Waals surface area contributed by atoms with Gasteiger partial charge in [0.1, 0.15) is 0 Å². The van der Waals surface area contributed by atoms with Crippen molar-refractivity contribution in [2.75, 3.05) is 13.1 Å². The van der Waals surface area contributed by atoms with Gasteiger partial charge in [0.25, 0.3) is 0 Å². The van der Waals surface area contributed by atoms with Gasteiger partial charge in [-0.1, -0.05) is 37.6 Å². The van der Waals surface area contributed by atoms with Gasteiger partial charge in [-0.25, -0.2) is 0 Å². The van der Waals surface area contributed by atoms with Crippen molar-refractivity contribution in [3.8, 4) is 0 Å². The number of aliphatic imine (C=N–C) groups is 1. The van der Waals surface area contributed by atoms with E-state index >= 15 is 0 Å². The minimum absolute atomic E-state index is 0.181. The van der Waals surface area contributed by atoms with E-state index in [0.29, 0.717) is 18.4 Å². The van der Waals surface area contributed by atoms with Crippen LogP contribution in [0, 0.1) is 5.92 Å². The smallest absolute Gasteiger partial charge is 0.192 e. The van der Waals surface area contributed by atoms with Crippen molar-refractivity contribution >= 4 is 17.6 Å². The van der Waals surface area contributed by atoms with Gasteiger partial charge in [-0.15, -0.1) is 0 Å². The van der Waals surface area contributed by atoms with E-state index in [0.717, 1.165) is 11.6 Å².